The van der Waals surface area contributed by atoms with Gasteiger partial charge in [0.15, 0.2) is 5.69 Å². The van der Waals surface area contributed by atoms with Crippen LogP contribution in [0.3, 0.4) is 0 Å². The standard InChI is InChI=1S/C20H13BrF3N5OS/c1-11-17(27-26-15-4-2-3-13(9-15)20(22,23)24)18(30)29(28-11)19-25-16(10-31-19)12-5-7-14(21)8-6-12/h2-10,28H,1H3. The molecule has 0 saturated carbocycles. The molecule has 0 radical (unpaired) electrons. The summed E-state index contributed by atoms with van der Waals surface area (Å²) in [6, 6.07) is 12.0. The predicted octanol–water partition coefficient (Wildman–Crippen LogP) is 6.79. The first-order chi connectivity index (χ1) is 14.7. The fourth-order valence-electron chi connectivity index (χ4n) is 2.76. The van der Waals surface area contributed by atoms with Crippen molar-refractivity contribution < 1.29 is 13.2 Å². The quantitative estimate of drug-likeness (QED) is 0.308. The minimum Gasteiger partial charge on any atom is -0.291 e. The van der Waals surface area contributed by atoms with Gasteiger partial charge in [-0.15, -0.1) is 16.5 Å². The second-order valence-electron chi connectivity index (χ2n) is 6.50. The number of H-pyrrole nitrogens is 1. The van der Waals surface area contributed by atoms with Crippen molar-refractivity contribution >= 4 is 38.6 Å². The van der Waals surface area contributed by atoms with Crippen molar-refractivity contribution in [1.29, 1.82) is 0 Å². The van der Waals surface area contributed by atoms with Crippen LogP contribution in [0.1, 0.15) is 11.3 Å². The Bertz CT molecular complexity index is 1320. The van der Waals surface area contributed by atoms with Crippen LogP contribution in [-0.4, -0.2) is 14.8 Å². The van der Waals surface area contributed by atoms with Crippen molar-refractivity contribution in [3.63, 3.8) is 0 Å². The molecular weight excluding hydrogens is 495 g/mol. The van der Waals surface area contributed by atoms with Crippen molar-refractivity contribution in [2.45, 2.75) is 13.1 Å². The fraction of sp³-hybridized carbons (Fsp3) is 0.100. The van der Waals surface area contributed by atoms with E-state index in [9.17, 15) is 18.0 Å². The molecule has 0 unspecified atom stereocenters. The van der Waals surface area contributed by atoms with Gasteiger partial charge >= 0.3 is 11.7 Å². The van der Waals surface area contributed by atoms with Gasteiger partial charge in [0.2, 0.25) is 5.13 Å². The Balaban J connectivity index is 1.64. The van der Waals surface area contributed by atoms with Gasteiger partial charge in [-0.25, -0.2) is 4.98 Å². The van der Waals surface area contributed by atoms with E-state index in [4.69, 9.17) is 0 Å². The molecule has 0 aliphatic rings. The lowest BCUT2D eigenvalue weighted by Gasteiger charge is -2.05. The molecule has 1 N–H and O–H groups in total. The number of benzene rings is 2. The van der Waals surface area contributed by atoms with Crippen LogP contribution in [0.25, 0.3) is 16.4 Å². The third-order valence-corrected chi connectivity index (χ3v) is 5.66. The van der Waals surface area contributed by atoms with Crippen LogP contribution in [0.15, 0.2) is 73.4 Å². The summed E-state index contributed by atoms with van der Waals surface area (Å²) < 4.78 is 40.8. The highest BCUT2D eigenvalue weighted by atomic mass is 79.9. The van der Waals surface area contributed by atoms with Gasteiger partial charge in [0.05, 0.1) is 22.6 Å². The smallest absolute Gasteiger partial charge is 0.291 e. The normalized spacial score (nSPS) is 12.0. The van der Waals surface area contributed by atoms with Gasteiger partial charge in [-0.2, -0.15) is 23.0 Å². The molecular formula is C20H13BrF3N5OS. The molecule has 31 heavy (non-hydrogen) atoms. The van der Waals surface area contributed by atoms with Gasteiger partial charge in [0.1, 0.15) is 0 Å². The van der Waals surface area contributed by atoms with Crippen molar-refractivity contribution in [3.05, 3.63) is 80.0 Å². The summed E-state index contributed by atoms with van der Waals surface area (Å²) >= 11 is 4.65. The van der Waals surface area contributed by atoms with E-state index < -0.39 is 17.3 Å². The number of nitrogens with one attached hydrogen (secondary N) is 1. The second-order valence-corrected chi connectivity index (χ2v) is 8.25. The number of azo groups is 1. The van der Waals surface area contributed by atoms with E-state index in [2.05, 4.69) is 36.2 Å². The number of aryl methyl sites for hydroxylation is 1. The molecule has 2 aromatic carbocycles. The molecule has 2 aromatic heterocycles. The monoisotopic (exact) mass is 507 g/mol. The average molecular weight is 508 g/mol. The number of nitrogens with zero attached hydrogens (tertiary/aromatic N) is 4. The number of halogens is 4. The van der Waals surface area contributed by atoms with Crippen LogP contribution >= 0.6 is 27.3 Å². The molecule has 0 spiro atoms. The van der Waals surface area contributed by atoms with Gasteiger partial charge in [0, 0.05) is 15.4 Å². The first kappa shape index (κ1) is 21.2. The highest BCUT2D eigenvalue weighted by Gasteiger charge is 2.30. The number of aromatic nitrogens is 3. The number of aromatic amines is 1. The first-order valence-electron chi connectivity index (χ1n) is 8.85. The lowest BCUT2D eigenvalue weighted by atomic mass is 10.2. The molecule has 11 heteroatoms. The molecule has 0 aliphatic carbocycles. The second kappa shape index (κ2) is 8.23. The van der Waals surface area contributed by atoms with E-state index >= 15 is 0 Å². The van der Waals surface area contributed by atoms with Gasteiger partial charge in [-0.05, 0) is 37.3 Å². The van der Waals surface area contributed by atoms with Crippen LogP contribution in [-0.2, 0) is 6.18 Å². The average Bonchev–Trinajstić information content (AvgIpc) is 3.32. The summed E-state index contributed by atoms with van der Waals surface area (Å²) in [5.41, 5.74) is 0.678. The molecule has 0 bridgehead atoms. The van der Waals surface area contributed by atoms with E-state index in [1.807, 2.05) is 29.6 Å². The zero-order chi connectivity index (χ0) is 22.2. The molecule has 0 amide bonds. The Labute approximate surface area is 186 Å². The van der Waals surface area contributed by atoms with Gasteiger partial charge in [-0.1, -0.05) is 34.1 Å². The van der Waals surface area contributed by atoms with Gasteiger partial charge in [0.25, 0.3) is 0 Å². The maximum Gasteiger partial charge on any atom is 0.416 e. The maximum absolute atomic E-state index is 12.9. The molecule has 4 rings (SSSR count). The zero-order valence-electron chi connectivity index (χ0n) is 15.8. The molecule has 0 fully saturated rings. The molecule has 0 saturated heterocycles. The lowest BCUT2D eigenvalue weighted by molar-refractivity contribution is -0.137. The highest BCUT2D eigenvalue weighted by Crippen LogP contribution is 2.32. The third-order valence-electron chi connectivity index (χ3n) is 4.30. The Kier molecular flexibility index (Phi) is 5.63. The fourth-order valence-corrected chi connectivity index (χ4v) is 3.82. The van der Waals surface area contributed by atoms with Crippen LogP contribution in [0.2, 0.25) is 0 Å². The Morgan fingerprint density at radius 1 is 1.13 bits per heavy atom. The van der Waals surface area contributed by atoms with E-state index in [0.29, 0.717) is 16.5 Å². The van der Waals surface area contributed by atoms with Crippen LogP contribution < -0.4 is 5.56 Å². The van der Waals surface area contributed by atoms with Crippen molar-refractivity contribution in [1.82, 2.24) is 14.8 Å². The van der Waals surface area contributed by atoms with Gasteiger partial charge < -0.3 is 0 Å². The molecule has 0 atom stereocenters. The minimum atomic E-state index is -4.49. The van der Waals surface area contributed by atoms with Crippen molar-refractivity contribution in [2.75, 3.05) is 0 Å². The molecule has 0 aliphatic heterocycles. The predicted molar refractivity (Wildman–Crippen MR) is 116 cm³/mol. The van der Waals surface area contributed by atoms with Crippen LogP contribution in [0.4, 0.5) is 24.5 Å². The van der Waals surface area contributed by atoms with Crippen molar-refractivity contribution in [3.8, 4) is 16.4 Å². The summed E-state index contributed by atoms with van der Waals surface area (Å²) in [6.07, 6.45) is -4.49. The van der Waals surface area contributed by atoms with Gasteiger partial charge in [-0.3, -0.25) is 9.89 Å². The Hall–Kier alpha value is -3.05. The highest BCUT2D eigenvalue weighted by molar-refractivity contribution is 9.10. The number of thiazole rings is 1. The van der Waals surface area contributed by atoms with Crippen molar-refractivity contribution in [2.24, 2.45) is 10.2 Å². The number of rotatable bonds is 4. The lowest BCUT2D eigenvalue weighted by Crippen LogP contribution is -2.13. The molecule has 2 heterocycles. The zero-order valence-corrected chi connectivity index (χ0v) is 18.2. The first-order valence-corrected chi connectivity index (χ1v) is 10.5. The Morgan fingerprint density at radius 2 is 1.87 bits per heavy atom. The number of alkyl halides is 3. The summed E-state index contributed by atoms with van der Waals surface area (Å²) in [5, 5.41) is 12.8. The summed E-state index contributed by atoms with van der Waals surface area (Å²) in [7, 11) is 0. The third kappa shape index (κ3) is 4.52. The number of hydrogen-bond donors (Lipinski definition) is 1. The molecule has 6 nitrogen and oxygen atoms in total. The molecule has 4 aromatic rings. The summed E-state index contributed by atoms with van der Waals surface area (Å²) in [4.78, 5) is 17.3. The largest absolute Gasteiger partial charge is 0.416 e. The molecule has 158 valence electrons. The summed E-state index contributed by atoms with van der Waals surface area (Å²) in [5.74, 6) is 0. The Morgan fingerprint density at radius 3 is 2.58 bits per heavy atom. The van der Waals surface area contributed by atoms with E-state index in [1.54, 1.807) is 6.92 Å². The maximum atomic E-state index is 12.9. The van der Waals surface area contributed by atoms with E-state index in [-0.39, 0.29) is 11.4 Å². The summed E-state index contributed by atoms with van der Waals surface area (Å²) in [6.45, 7) is 1.63. The minimum absolute atomic E-state index is 0.00203. The van der Waals surface area contributed by atoms with Crippen LogP contribution in [0.5, 0.6) is 0 Å². The van der Waals surface area contributed by atoms with E-state index in [0.717, 1.165) is 22.2 Å². The topological polar surface area (TPSA) is 75.4 Å². The van der Waals surface area contributed by atoms with E-state index in [1.165, 1.54) is 28.2 Å². The SMILES string of the molecule is Cc1[nH]n(-c2nc(-c3ccc(Br)cc3)cs2)c(=O)c1N=Nc1cccc(C(F)(F)F)c1. The number of hydrogen-bond acceptors (Lipinski definition) is 5. The van der Waals surface area contributed by atoms with Crippen LogP contribution in [0, 0.1) is 6.92 Å².